The van der Waals surface area contributed by atoms with Gasteiger partial charge in [0.25, 0.3) is 0 Å². The number of aryl methyl sites for hydroxylation is 1. The minimum Gasteiger partial charge on any atom is -0.273 e. The number of nitrogens with one attached hydrogen (secondary N) is 1. The van der Waals surface area contributed by atoms with Crippen LogP contribution in [0, 0.1) is 19.8 Å². The Labute approximate surface area is 123 Å². The van der Waals surface area contributed by atoms with Crippen LogP contribution >= 0.6 is 0 Å². The number of amides is 1. The molecule has 1 aliphatic rings. The second kappa shape index (κ2) is 5.52. The van der Waals surface area contributed by atoms with Crippen LogP contribution in [0.3, 0.4) is 0 Å². The van der Waals surface area contributed by atoms with E-state index >= 15 is 0 Å². The van der Waals surface area contributed by atoms with Crippen LogP contribution in [0.15, 0.2) is 35.4 Å². The topological polar surface area (TPSA) is 59.3 Å². The lowest BCUT2D eigenvalue weighted by Crippen LogP contribution is -2.19. The number of hydrogen-bond donors (Lipinski definition) is 1. The molecule has 1 saturated carbocycles. The lowest BCUT2D eigenvalue weighted by Gasteiger charge is -2.03. The summed E-state index contributed by atoms with van der Waals surface area (Å²) in [4.78, 5) is 11.5. The van der Waals surface area contributed by atoms with E-state index < -0.39 is 0 Å². The van der Waals surface area contributed by atoms with E-state index in [-0.39, 0.29) is 11.8 Å². The van der Waals surface area contributed by atoms with Gasteiger partial charge in [-0.2, -0.15) is 10.2 Å². The Morgan fingerprint density at radius 3 is 2.71 bits per heavy atom. The summed E-state index contributed by atoms with van der Waals surface area (Å²) in [7, 11) is 0. The van der Waals surface area contributed by atoms with E-state index in [2.05, 4.69) is 15.6 Å². The molecule has 0 bridgehead atoms. The van der Waals surface area contributed by atoms with Gasteiger partial charge in [-0.3, -0.25) is 4.79 Å². The first-order valence-corrected chi connectivity index (χ1v) is 7.11. The van der Waals surface area contributed by atoms with Crippen molar-refractivity contribution in [2.24, 2.45) is 11.0 Å². The predicted octanol–water partition coefficient (Wildman–Crippen LogP) is 2.35. The van der Waals surface area contributed by atoms with Crippen molar-refractivity contribution in [1.29, 1.82) is 0 Å². The Morgan fingerprint density at radius 1 is 1.33 bits per heavy atom. The highest BCUT2D eigenvalue weighted by molar-refractivity contribution is 5.86. The zero-order valence-corrected chi connectivity index (χ0v) is 12.2. The Hall–Kier alpha value is -2.43. The number of hydrazone groups is 1. The van der Waals surface area contributed by atoms with Crippen molar-refractivity contribution in [3.8, 4) is 5.69 Å². The van der Waals surface area contributed by atoms with Gasteiger partial charge in [0.2, 0.25) is 5.91 Å². The van der Waals surface area contributed by atoms with Gasteiger partial charge in [-0.25, -0.2) is 10.1 Å². The minimum atomic E-state index is 0.0111. The number of nitrogens with zero attached hydrogens (tertiary/aromatic N) is 3. The SMILES string of the molecule is Cc1nn(-c2ccccc2)c(C)c1/C=N\NC(=O)C1CC1. The van der Waals surface area contributed by atoms with Crippen molar-refractivity contribution in [3.05, 3.63) is 47.3 Å². The van der Waals surface area contributed by atoms with E-state index in [1.54, 1.807) is 6.21 Å². The molecule has 5 nitrogen and oxygen atoms in total. The third-order valence-electron chi connectivity index (χ3n) is 3.66. The molecule has 1 fully saturated rings. The number of aromatic nitrogens is 2. The van der Waals surface area contributed by atoms with Crippen molar-refractivity contribution in [3.63, 3.8) is 0 Å². The molecule has 1 N–H and O–H groups in total. The Kier molecular flexibility index (Phi) is 3.56. The fourth-order valence-corrected chi connectivity index (χ4v) is 2.26. The quantitative estimate of drug-likeness (QED) is 0.691. The van der Waals surface area contributed by atoms with Crippen LogP contribution in [0.5, 0.6) is 0 Å². The zero-order chi connectivity index (χ0) is 14.8. The average molecular weight is 282 g/mol. The van der Waals surface area contributed by atoms with Gasteiger partial charge in [-0.1, -0.05) is 18.2 Å². The summed E-state index contributed by atoms with van der Waals surface area (Å²) in [6.45, 7) is 3.94. The highest BCUT2D eigenvalue weighted by Gasteiger charge is 2.29. The lowest BCUT2D eigenvalue weighted by atomic mass is 10.2. The molecule has 3 rings (SSSR count). The maximum atomic E-state index is 11.5. The molecular formula is C16H18N4O. The first-order chi connectivity index (χ1) is 10.2. The van der Waals surface area contributed by atoms with Crippen molar-refractivity contribution in [2.75, 3.05) is 0 Å². The van der Waals surface area contributed by atoms with E-state index in [0.29, 0.717) is 0 Å². The van der Waals surface area contributed by atoms with Gasteiger partial charge in [0.05, 0.1) is 23.3 Å². The molecule has 1 aliphatic carbocycles. The maximum Gasteiger partial charge on any atom is 0.243 e. The summed E-state index contributed by atoms with van der Waals surface area (Å²) < 4.78 is 1.89. The minimum absolute atomic E-state index is 0.0111. The molecule has 1 aromatic carbocycles. The summed E-state index contributed by atoms with van der Waals surface area (Å²) in [5, 5.41) is 8.59. The van der Waals surface area contributed by atoms with E-state index in [0.717, 1.165) is 35.5 Å². The Morgan fingerprint density at radius 2 is 2.05 bits per heavy atom. The molecule has 1 aromatic heterocycles. The van der Waals surface area contributed by atoms with Crippen LogP contribution in [0.4, 0.5) is 0 Å². The molecule has 1 amide bonds. The zero-order valence-electron chi connectivity index (χ0n) is 12.2. The number of rotatable bonds is 4. The van der Waals surface area contributed by atoms with Crippen LogP contribution in [0.25, 0.3) is 5.69 Å². The van der Waals surface area contributed by atoms with E-state index in [1.165, 1.54) is 0 Å². The third-order valence-corrected chi connectivity index (χ3v) is 3.66. The fraction of sp³-hybridized carbons (Fsp3) is 0.312. The number of para-hydroxylation sites is 1. The monoisotopic (exact) mass is 282 g/mol. The van der Waals surface area contributed by atoms with Gasteiger partial charge in [0.1, 0.15) is 0 Å². The van der Waals surface area contributed by atoms with Crippen LogP contribution < -0.4 is 5.43 Å². The van der Waals surface area contributed by atoms with Crippen molar-refractivity contribution < 1.29 is 4.79 Å². The van der Waals surface area contributed by atoms with Crippen molar-refractivity contribution >= 4 is 12.1 Å². The summed E-state index contributed by atoms with van der Waals surface area (Å²) >= 11 is 0. The molecule has 2 aromatic rings. The first kappa shape index (κ1) is 13.5. The normalized spacial score (nSPS) is 14.6. The Bertz CT molecular complexity index is 684. The van der Waals surface area contributed by atoms with Crippen molar-refractivity contribution in [2.45, 2.75) is 26.7 Å². The van der Waals surface area contributed by atoms with E-state index in [4.69, 9.17) is 0 Å². The molecule has 0 aliphatic heterocycles. The number of carbonyl (C=O) groups excluding carboxylic acids is 1. The standard InChI is InChI=1S/C16H18N4O/c1-11-15(10-17-18-16(21)13-8-9-13)12(2)20(19-11)14-6-4-3-5-7-14/h3-7,10,13H,8-9H2,1-2H3,(H,18,21)/b17-10-. The largest absolute Gasteiger partial charge is 0.273 e. The van der Waals surface area contributed by atoms with E-state index in [1.807, 2.05) is 48.9 Å². The van der Waals surface area contributed by atoms with Crippen LogP contribution in [0.2, 0.25) is 0 Å². The molecule has 0 radical (unpaired) electrons. The predicted molar refractivity (Wildman–Crippen MR) is 81.5 cm³/mol. The number of benzene rings is 1. The summed E-state index contributed by atoms with van der Waals surface area (Å²) in [5.74, 6) is 0.174. The molecule has 0 atom stereocenters. The molecule has 1 heterocycles. The molecule has 0 spiro atoms. The van der Waals surface area contributed by atoms with Gasteiger partial charge in [-0.05, 0) is 38.8 Å². The Balaban J connectivity index is 1.81. The van der Waals surface area contributed by atoms with Gasteiger partial charge < -0.3 is 0 Å². The molecule has 5 heteroatoms. The highest BCUT2D eigenvalue weighted by atomic mass is 16.2. The van der Waals surface area contributed by atoms with Crippen LogP contribution in [0.1, 0.15) is 29.8 Å². The molecule has 108 valence electrons. The summed E-state index contributed by atoms with van der Waals surface area (Å²) in [5.41, 5.74) is 6.44. The van der Waals surface area contributed by atoms with E-state index in [9.17, 15) is 4.79 Å². The molecule has 21 heavy (non-hydrogen) atoms. The van der Waals surface area contributed by atoms with Gasteiger partial charge in [0, 0.05) is 11.5 Å². The molecular weight excluding hydrogens is 264 g/mol. The second-order valence-corrected chi connectivity index (χ2v) is 5.34. The third kappa shape index (κ3) is 2.86. The van der Waals surface area contributed by atoms with Gasteiger partial charge in [0.15, 0.2) is 0 Å². The number of carbonyl (C=O) groups is 1. The fourth-order valence-electron chi connectivity index (χ4n) is 2.26. The average Bonchev–Trinajstić information content (AvgIpc) is 3.30. The first-order valence-electron chi connectivity index (χ1n) is 7.11. The number of hydrogen-bond acceptors (Lipinski definition) is 3. The summed E-state index contributed by atoms with van der Waals surface area (Å²) in [6, 6.07) is 9.96. The van der Waals surface area contributed by atoms with Crippen molar-refractivity contribution in [1.82, 2.24) is 15.2 Å². The molecule has 0 saturated heterocycles. The highest BCUT2D eigenvalue weighted by Crippen LogP contribution is 2.28. The summed E-state index contributed by atoms with van der Waals surface area (Å²) in [6.07, 6.45) is 3.63. The van der Waals surface area contributed by atoms with Gasteiger partial charge in [-0.15, -0.1) is 0 Å². The molecule has 0 unspecified atom stereocenters. The maximum absolute atomic E-state index is 11.5. The smallest absolute Gasteiger partial charge is 0.243 e. The van der Waals surface area contributed by atoms with Gasteiger partial charge >= 0.3 is 0 Å². The lowest BCUT2D eigenvalue weighted by molar-refractivity contribution is -0.122. The van der Waals surface area contributed by atoms with Crippen LogP contribution in [-0.4, -0.2) is 21.9 Å². The van der Waals surface area contributed by atoms with Crippen LogP contribution in [-0.2, 0) is 4.79 Å². The second-order valence-electron chi connectivity index (χ2n) is 5.34.